The zero-order valence-corrected chi connectivity index (χ0v) is 34.0. The second kappa shape index (κ2) is 14.8. The highest BCUT2D eigenvalue weighted by molar-refractivity contribution is 6.13. The van der Waals surface area contributed by atoms with Gasteiger partial charge in [0.05, 0.1) is 22.1 Å². The second-order valence-electron chi connectivity index (χ2n) is 16.2. The van der Waals surface area contributed by atoms with Gasteiger partial charge in [0.2, 0.25) is 0 Å². The number of benzene rings is 10. The number of fused-ring (bicyclic) bond motifs is 6. The first-order valence-corrected chi connectivity index (χ1v) is 21.3. The van der Waals surface area contributed by atoms with Crippen LogP contribution in [0.15, 0.2) is 243 Å². The number of para-hydroxylation sites is 3. The van der Waals surface area contributed by atoms with E-state index in [1.165, 1.54) is 99.2 Å². The third-order valence-corrected chi connectivity index (χ3v) is 12.5. The largest absolute Gasteiger partial charge is 0.309 e. The Balaban J connectivity index is 1.01. The van der Waals surface area contributed by atoms with Crippen molar-refractivity contribution in [3.63, 3.8) is 0 Å². The lowest BCUT2D eigenvalue weighted by molar-refractivity contribution is 1.18. The van der Waals surface area contributed by atoms with Crippen LogP contribution in [0.1, 0.15) is 0 Å². The fourth-order valence-electron chi connectivity index (χ4n) is 9.51. The van der Waals surface area contributed by atoms with E-state index in [1.807, 2.05) is 0 Å². The normalized spacial score (nSPS) is 11.5. The molecule has 0 unspecified atom stereocenters. The lowest BCUT2D eigenvalue weighted by Gasteiger charge is -2.13. The summed E-state index contributed by atoms with van der Waals surface area (Å²) in [7, 11) is 0. The van der Waals surface area contributed by atoms with Crippen molar-refractivity contribution in [3.05, 3.63) is 243 Å². The van der Waals surface area contributed by atoms with Crippen LogP contribution in [0.5, 0.6) is 0 Å². The maximum absolute atomic E-state index is 2.41. The van der Waals surface area contributed by atoms with Gasteiger partial charge in [-0.3, -0.25) is 0 Å². The Labute approximate surface area is 360 Å². The Kier molecular flexibility index (Phi) is 8.53. The molecule has 2 nitrogen and oxygen atoms in total. The summed E-state index contributed by atoms with van der Waals surface area (Å²) in [6.07, 6.45) is 0. The summed E-state index contributed by atoms with van der Waals surface area (Å²) in [6, 6.07) is 88.5. The molecule has 0 atom stereocenters. The van der Waals surface area contributed by atoms with Crippen molar-refractivity contribution in [2.24, 2.45) is 0 Å². The minimum absolute atomic E-state index is 1.15. The van der Waals surface area contributed by atoms with Crippen LogP contribution in [-0.4, -0.2) is 9.13 Å². The molecule has 0 aliphatic heterocycles. The zero-order valence-electron chi connectivity index (χ0n) is 34.0. The van der Waals surface area contributed by atoms with Crippen molar-refractivity contribution in [2.45, 2.75) is 0 Å². The molecular formula is C60H40N2. The second-order valence-corrected chi connectivity index (χ2v) is 16.2. The molecule has 12 rings (SSSR count). The highest BCUT2D eigenvalue weighted by Gasteiger charge is 2.17. The quantitative estimate of drug-likeness (QED) is 0.152. The van der Waals surface area contributed by atoms with Crippen LogP contribution in [0.2, 0.25) is 0 Å². The maximum Gasteiger partial charge on any atom is 0.0547 e. The van der Waals surface area contributed by atoms with Crippen LogP contribution in [0.25, 0.3) is 111 Å². The molecule has 0 N–H and O–H groups in total. The summed E-state index contributed by atoms with van der Waals surface area (Å²) in [5, 5.41) is 4.97. The maximum atomic E-state index is 2.41. The third-order valence-electron chi connectivity index (χ3n) is 12.5. The van der Waals surface area contributed by atoms with Crippen molar-refractivity contribution in [1.82, 2.24) is 9.13 Å². The smallest absolute Gasteiger partial charge is 0.0547 e. The Morgan fingerprint density at radius 2 is 0.532 bits per heavy atom. The highest BCUT2D eigenvalue weighted by atomic mass is 15.0. The van der Waals surface area contributed by atoms with Gasteiger partial charge >= 0.3 is 0 Å². The molecule has 10 aromatic carbocycles. The summed E-state index contributed by atoms with van der Waals surface area (Å²) in [4.78, 5) is 0. The Bertz CT molecular complexity index is 3540. The van der Waals surface area contributed by atoms with Crippen molar-refractivity contribution in [3.8, 4) is 67.0 Å². The molecule has 62 heavy (non-hydrogen) atoms. The first-order valence-electron chi connectivity index (χ1n) is 21.3. The van der Waals surface area contributed by atoms with E-state index in [1.54, 1.807) is 0 Å². The van der Waals surface area contributed by atoms with Gasteiger partial charge in [-0.1, -0.05) is 158 Å². The van der Waals surface area contributed by atoms with Crippen LogP contribution in [-0.2, 0) is 0 Å². The summed E-state index contributed by atoms with van der Waals surface area (Å²) >= 11 is 0. The Hall–Kier alpha value is -8.20. The number of nitrogens with zero attached hydrogens (tertiary/aromatic N) is 2. The summed E-state index contributed by atoms with van der Waals surface area (Å²) in [5.41, 5.74) is 19.1. The highest BCUT2D eigenvalue weighted by Crippen LogP contribution is 2.40. The van der Waals surface area contributed by atoms with Crippen LogP contribution >= 0.6 is 0 Å². The molecule has 0 saturated carbocycles. The van der Waals surface area contributed by atoms with Gasteiger partial charge in [0.25, 0.3) is 0 Å². The van der Waals surface area contributed by atoms with Crippen molar-refractivity contribution in [1.29, 1.82) is 0 Å². The predicted octanol–water partition coefficient (Wildman–Crippen LogP) is 16.2. The van der Waals surface area contributed by atoms with Crippen LogP contribution < -0.4 is 0 Å². The predicted molar refractivity (Wildman–Crippen MR) is 262 cm³/mol. The van der Waals surface area contributed by atoms with E-state index in [-0.39, 0.29) is 0 Å². The SMILES string of the molecule is c1ccc(-c2cc(-c3ccccc3)cc(-c3cccc(-c4ccc5c(c4)c4cc(-c6ccc7c8ccccc8n(-c8ccccc8)c7c6)ccc4n5-c4ccccc4)c3)c2)cc1. The Morgan fingerprint density at radius 1 is 0.177 bits per heavy atom. The van der Waals surface area contributed by atoms with Crippen LogP contribution in [0, 0.1) is 0 Å². The number of rotatable bonds is 7. The van der Waals surface area contributed by atoms with E-state index in [9.17, 15) is 0 Å². The molecule has 0 bridgehead atoms. The average molecular weight is 789 g/mol. The van der Waals surface area contributed by atoms with Gasteiger partial charge in [0, 0.05) is 32.9 Å². The monoisotopic (exact) mass is 788 g/mol. The molecule has 2 aromatic heterocycles. The fourth-order valence-corrected chi connectivity index (χ4v) is 9.51. The van der Waals surface area contributed by atoms with Gasteiger partial charge < -0.3 is 9.13 Å². The van der Waals surface area contributed by atoms with Gasteiger partial charge in [-0.2, -0.15) is 0 Å². The van der Waals surface area contributed by atoms with Gasteiger partial charge in [-0.15, -0.1) is 0 Å². The number of aromatic nitrogens is 2. The molecule has 0 fully saturated rings. The molecule has 0 radical (unpaired) electrons. The molecular weight excluding hydrogens is 749 g/mol. The van der Waals surface area contributed by atoms with E-state index in [0.29, 0.717) is 0 Å². The lowest BCUT2D eigenvalue weighted by atomic mass is 9.92. The molecule has 0 aliphatic rings. The molecule has 0 amide bonds. The Morgan fingerprint density at radius 3 is 1.10 bits per heavy atom. The topological polar surface area (TPSA) is 9.86 Å². The van der Waals surface area contributed by atoms with Crippen LogP contribution in [0.3, 0.4) is 0 Å². The van der Waals surface area contributed by atoms with Crippen molar-refractivity contribution >= 4 is 43.6 Å². The lowest BCUT2D eigenvalue weighted by Crippen LogP contribution is -1.93. The van der Waals surface area contributed by atoms with Gasteiger partial charge in [-0.05, 0) is 141 Å². The molecule has 12 aromatic rings. The summed E-state index contributed by atoms with van der Waals surface area (Å²) in [5.74, 6) is 0. The van der Waals surface area contributed by atoms with Gasteiger partial charge in [0.15, 0.2) is 0 Å². The van der Waals surface area contributed by atoms with E-state index in [2.05, 4.69) is 252 Å². The molecule has 2 heteroatoms. The van der Waals surface area contributed by atoms with E-state index >= 15 is 0 Å². The van der Waals surface area contributed by atoms with Crippen molar-refractivity contribution < 1.29 is 0 Å². The number of hydrogen-bond donors (Lipinski definition) is 0. The first-order chi connectivity index (χ1) is 30.7. The van der Waals surface area contributed by atoms with Gasteiger partial charge in [0.1, 0.15) is 0 Å². The van der Waals surface area contributed by atoms with Crippen molar-refractivity contribution in [2.75, 3.05) is 0 Å². The number of hydrogen-bond acceptors (Lipinski definition) is 0. The minimum Gasteiger partial charge on any atom is -0.309 e. The van der Waals surface area contributed by atoms with Gasteiger partial charge in [-0.25, -0.2) is 0 Å². The average Bonchev–Trinajstić information content (AvgIpc) is 3.86. The molecule has 0 saturated heterocycles. The fraction of sp³-hybridized carbons (Fsp3) is 0. The van der Waals surface area contributed by atoms with E-state index in [0.717, 1.165) is 11.4 Å². The molecule has 0 spiro atoms. The third kappa shape index (κ3) is 6.12. The minimum atomic E-state index is 1.15. The van der Waals surface area contributed by atoms with E-state index in [4.69, 9.17) is 0 Å². The van der Waals surface area contributed by atoms with Crippen LogP contribution in [0.4, 0.5) is 0 Å². The standard InChI is InChI=1S/C60H40N2/c1-5-16-41(17-6-1)48-35-49(42-18-7-2-8-19-42)37-50(36-48)44-21-15-20-43(34-44)45-29-32-58-55(38-45)56-39-46(30-33-59(56)61(58)51-22-9-3-10-23-51)47-28-31-54-53-26-13-14-27-57(53)62(60(54)40-47)52-24-11-4-12-25-52/h1-40H. The molecule has 2 heterocycles. The zero-order chi connectivity index (χ0) is 41.0. The first kappa shape index (κ1) is 35.7. The summed E-state index contributed by atoms with van der Waals surface area (Å²) < 4.78 is 4.81. The molecule has 290 valence electrons. The molecule has 0 aliphatic carbocycles. The van der Waals surface area contributed by atoms with E-state index < -0.39 is 0 Å². The summed E-state index contributed by atoms with van der Waals surface area (Å²) in [6.45, 7) is 0.